The number of hydrogen-bond donors (Lipinski definition) is 1. The van der Waals surface area contributed by atoms with E-state index in [1.807, 2.05) is 49.4 Å². The van der Waals surface area contributed by atoms with Crippen LogP contribution >= 0.6 is 15.9 Å². The monoisotopic (exact) mass is 448 g/mol. The van der Waals surface area contributed by atoms with Crippen molar-refractivity contribution in [2.75, 3.05) is 33.9 Å². The van der Waals surface area contributed by atoms with Crippen LogP contribution in [0.2, 0.25) is 0 Å². The molecule has 0 saturated carbocycles. The van der Waals surface area contributed by atoms with Crippen molar-refractivity contribution in [3.63, 3.8) is 0 Å². The van der Waals surface area contributed by atoms with E-state index in [1.54, 1.807) is 19.1 Å². The van der Waals surface area contributed by atoms with Crippen LogP contribution in [-0.2, 0) is 4.74 Å². The number of amides is 2. The molecule has 1 heterocycles. The number of urea groups is 1. The number of morpholine rings is 1. The molecule has 1 aliphatic heterocycles. The first-order chi connectivity index (χ1) is 13.5. The summed E-state index contributed by atoms with van der Waals surface area (Å²) in [7, 11) is 3.20. The normalized spacial score (nSPS) is 17.7. The van der Waals surface area contributed by atoms with Gasteiger partial charge in [0.2, 0.25) is 0 Å². The largest absolute Gasteiger partial charge is 0.493 e. The van der Waals surface area contributed by atoms with Gasteiger partial charge in [0.05, 0.1) is 33.4 Å². The van der Waals surface area contributed by atoms with Gasteiger partial charge >= 0.3 is 6.03 Å². The Morgan fingerprint density at radius 3 is 2.71 bits per heavy atom. The lowest BCUT2D eigenvalue weighted by Gasteiger charge is -2.34. The molecule has 7 heteroatoms. The summed E-state index contributed by atoms with van der Waals surface area (Å²) in [5, 5.41) is 3.06. The lowest BCUT2D eigenvalue weighted by atomic mass is 10.1. The number of carbonyl (C=O) groups excluding carboxylic acids is 1. The maximum atomic E-state index is 12.8. The van der Waals surface area contributed by atoms with Gasteiger partial charge < -0.3 is 24.4 Å². The second kappa shape index (κ2) is 9.30. The number of carbonyl (C=O) groups is 1. The minimum Gasteiger partial charge on any atom is -0.493 e. The second-order valence-electron chi connectivity index (χ2n) is 6.65. The van der Waals surface area contributed by atoms with Gasteiger partial charge in [0.25, 0.3) is 0 Å². The van der Waals surface area contributed by atoms with Crippen molar-refractivity contribution in [2.24, 2.45) is 0 Å². The van der Waals surface area contributed by atoms with E-state index in [1.165, 1.54) is 0 Å². The van der Waals surface area contributed by atoms with E-state index >= 15 is 0 Å². The average Bonchev–Trinajstić information content (AvgIpc) is 2.73. The first kappa shape index (κ1) is 20.5. The maximum absolute atomic E-state index is 12.8. The molecule has 0 bridgehead atoms. The molecule has 2 aromatic carbocycles. The van der Waals surface area contributed by atoms with Crippen molar-refractivity contribution in [1.29, 1.82) is 0 Å². The van der Waals surface area contributed by atoms with E-state index in [9.17, 15) is 4.79 Å². The average molecular weight is 449 g/mol. The molecule has 28 heavy (non-hydrogen) atoms. The van der Waals surface area contributed by atoms with Crippen molar-refractivity contribution in [3.8, 4) is 11.5 Å². The number of ether oxygens (including phenoxy) is 3. The van der Waals surface area contributed by atoms with Gasteiger partial charge in [0.15, 0.2) is 11.5 Å². The zero-order valence-corrected chi connectivity index (χ0v) is 17.9. The van der Waals surface area contributed by atoms with Crippen LogP contribution in [0.25, 0.3) is 0 Å². The SMILES string of the molecule is COc1ccc(C(C)NC(=O)N2CCOC(c3cccc(Br)c3)C2)cc1OC. The Balaban J connectivity index is 1.65. The fraction of sp³-hybridized carbons (Fsp3) is 0.381. The molecule has 150 valence electrons. The molecule has 3 rings (SSSR count). The van der Waals surface area contributed by atoms with E-state index in [0.717, 1.165) is 15.6 Å². The first-order valence-electron chi connectivity index (χ1n) is 9.16. The van der Waals surface area contributed by atoms with Crippen LogP contribution in [0.15, 0.2) is 46.9 Å². The molecule has 0 radical (unpaired) electrons. The molecule has 2 amide bonds. The number of methoxy groups -OCH3 is 2. The highest BCUT2D eigenvalue weighted by Crippen LogP contribution is 2.30. The summed E-state index contributed by atoms with van der Waals surface area (Å²) in [5.41, 5.74) is 2.00. The molecule has 1 aliphatic rings. The topological polar surface area (TPSA) is 60.0 Å². The Hall–Kier alpha value is -2.25. The predicted molar refractivity (Wildman–Crippen MR) is 111 cm³/mol. The van der Waals surface area contributed by atoms with E-state index in [-0.39, 0.29) is 18.2 Å². The van der Waals surface area contributed by atoms with Crippen LogP contribution in [0.1, 0.15) is 30.2 Å². The van der Waals surface area contributed by atoms with Gasteiger partial charge in [-0.15, -0.1) is 0 Å². The highest BCUT2D eigenvalue weighted by atomic mass is 79.9. The Bertz CT molecular complexity index is 830. The minimum absolute atomic E-state index is 0.106. The lowest BCUT2D eigenvalue weighted by Crippen LogP contribution is -2.47. The number of halogens is 1. The molecule has 2 unspecified atom stereocenters. The van der Waals surface area contributed by atoms with E-state index in [2.05, 4.69) is 21.2 Å². The smallest absolute Gasteiger partial charge is 0.318 e. The summed E-state index contributed by atoms with van der Waals surface area (Å²) in [6.07, 6.45) is -0.131. The van der Waals surface area contributed by atoms with Crippen molar-refractivity contribution < 1.29 is 19.0 Å². The van der Waals surface area contributed by atoms with Crippen molar-refractivity contribution in [2.45, 2.75) is 19.1 Å². The van der Waals surface area contributed by atoms with E-state index in [0.29, 0.717) is 31.2 Å². The molecule has 1 N–H and O–H groups in total. The third-order valence-corrected chi connectivity index (χ3v) is 5.31. The van der Waals surface area contributed by atoms with Crippen molar-refractivity contribution >= 4 is 22.0 Å². The Morgan fingerprint density at radius 2 is 2.00 bits per heavy atom. The van der Waals surface area contributed by atoms with Gasteiger partial charge in [-0.1, -0.05) is 34.1 Å². The molecule has 0 spiro atoms. The van der Waals surface area contributed by atoms with Crippen molar-refractivity contribution in [1.82, 2.24) is 10.2 Å². The number of benzene rings is 2. The van der Waals surface area contributed by atoms with Gasteiger partial charge in [-0.25, -0.2) is 4.79 Å². The molecule has 2 atom stereocenters. The predicted octanol–water partition coefficient (Wildman–Crippen LogP) is 4.31. The summed E-state index contributed by atoms with van der Waals surface area (Å²) in [6, 6.07) is 13.4. The number of nitrogens with one attached hydrogen (secondary N) is 1. The van der Waals surface area contributed by atoms with Gasteiger partial charge in [0, 0.05) is 11.0 Å². The Morgan fingerprint density at radius 1 is 1.21 bits per heavy atom. The summed E-state index contributed by atoms with van der Waals surface area (Å²) in [5.74, 6) is 1.30. The maximum Gasteiger partial charge on any atom is 0.318 e. The summed E-state index contributed by atoms with van der Waals surface area (Å²) in [4.78, 5) is 14.6. The molecule has 0 aromatic heterocycles. The molecular formula is C21H25BrN2O4. The van der Waals surface area contributed by atoms with Gasteiger partial charge in [-0.3, -0.25) is 0 Å². The van der Waals surface area contributed by atoms with Crippen LogP contribution in [0, 0.1) is 0 Å². The fourth-order valence-corrected chi connectivity index (χ4v) is 3.64. The van der Waals surface area contributed by atoms with Crippen LogP contribution in [0.3, 0.4) is 0 Å². The van der Waals surface area contributed by atoms with Gasteiger partial charge in [-0.05, 0) is 42.3 Å². The minimum atomic E-state index is -0.167. The molecule has 2 aromatic rings. The lowest BCUT2D eigenvalue weighted by molar-refractivity contribution is -0.0157. The molecule has 6 nitrogen and oxygen atoms in total. The highest BCUT2D eigenvalue weighted by Gasteiger charge is 2.26. The number of hydrogen-bond acceptors (Lipinski definition) is 4. The van der Waals surface area contributed by atoms with Crippen molar-refractivity contribution in [3.05, 3.63) is 58.1 Å². The highest BCUT2D eigenvalue weighted by molar-refractivity contribution is 9.10. The van der Waals surface area contributed by atoms with Crippen LogP contribution < -0.4 is 14.8 Å². The Kier molecular flexibility index (Phi) is 6.80. The third-order valence-electron chi connectivity index (χ3n) is 4.82. The fourth-order valence-electron chi connectivity index (χ4n) is 3.22. The summed E-state index contributed by atoms with van der Waals surface area (Å²) < 4.78 is 17.5. The summed E-state index contributed by atoms with van der Waals surface area (Å²) >= 11 is 3.49. The first-order valence-corrected chi connectivity index (χ1v) is 9.95. The third kappa shape index (κ3) is 4.77. The van der Waals surface area contributed by atoms with Crippen LogP contribution in [0.5, 0.6) is 11.5 Å². The van der Waals surface area contributed by atoms with Gasteiger partial charge in [-0.2, -0.15) is 0 Å². The van der Waals surface area contributed by atoms with Crippen LogP contribution in [0.4, 0.5) is 4.79 Å². The summed E-state index contributed by atoms with van der Waals surface area (Å²) in [6.45, 7) is 3.54. The zero-order chi connectivity index (χ0) is 20.1. The molecular weight excluding hydrogens is 424 g/mol. The van der Waals surface area contributed by atoms with E-state index in [4.69, 9.17) is 14.2 Å². The zero-order valence-electron chi connectivity index (χ0n) is 16.3. The standard InChI is InChI=1S/C21H25BrN2O4/c1-14(15-7-8-18(26-2)19(12-15)27-3)23-21(25)24-9-10-28-20(13-24)16-5-4-6-17(22)11-16/h4-8,11-12,14,20H,9-10,13H2,1-3H3,(H,23,25). The van der Waals surface area contributed by atoms with E-state index < -0.39 is 0 Å². The second-order valence-corrected chi connectivity index (χ2v) is 7.56. The quantitative estimate of drug-likeness (QED) is 0.739. The van der Waals surface area contributed by atoms with Gasteiger partial charge in [0.1, 0.15) is 6.10 Å². The number of rotatable bonds is 5. The molecule has 1 fully saturated rings. The molecule has 1 saturated heterocycles. The van der Waals surface area contributed by atoms with Crippen LogP contribution in [-0.4, -0.2) is 44.8 Å². The Labute approximate surface area is 173 Å². The number of nitrogens with zero attached hydrogens (tertiary/aromatic N) is 1. The molecule has 0 aliphatic carbocycles.